The van der Waals surface area contributed by atoms with Crippen LogP contribution >= 0.6 is 0 Å². The third kappa shape index (κ3) is 9.59. The van der Waals surface area contributed by atoms with Crippen molar-refractivity contribution >= 4 is 0 Å². The Labute approximate surface area is 122 Å². The molecule has 1 unspecified atom stereocenters. The monoisotopic (exact) mass is 296 g/mol. The molecule has 0 spiro atoms. The molecule has 0 saturated carbocycles. The molecule has 0 amide bonds. The van der Waals surface area contributed by atoms with Gasteiger partial charge in [-0.2, -0.15) is 13.2 Å². The zero-order valence-electron chi connectivity index (χ0n) is 13.6. The minimum Gasteiger partial charge on any atom is -0.316 e. The quantitative estimate of drug-likeness (QED) is 0.657. The van der Waals surface area contributed by atoms with Crippen molar-refractivity contribution in [3.63, 3.8) is 0 Å². The lowest BCUT2D eigenvalue weighted by molar-refractivity contribution is -0.149. The summed E-state index contributed by atoms with van der Waals surface area (Å²) >= 11 is 0. The van der Waals surface area contributed by atoms with Crippen LogP contribution in [0.2, 0.25) is 0 Å². The summed E-state index contributed by atoms with van der Waals surface area (Å²) in [6.07, 6.45) is -2.50. The number of hydrogen-bond donors (Lipinski definition) is 1. The standard InChI is InChI=1S/C15H31F3N2/c1-6-8-20(12-15(16,17)18)11-14(5,7-2)10-19-9-13(3)4/h13,19H,6-12H2,1-5H3. The molecule has 20 heavy (non-hydrogen) atoms. The van der Waals surface area contributed by atoms with E-state index in [1.54, 1.807) is 4.90 Å². The highest BCUT2D eigenvalue weighted by Gasteiger charge is 2.33. The average Bonchev–Trinajstić information content (AvgIpc) is 2.26. The Balaban J connectivity index is 4.51. The van der Waals surface area contributed by atoms with Crippen LogP contribution in [0.25, 0.3) is 0 Å². The van der Waals surface area contributed by atoms with Crippen molar-refractivity contribution < 1.29 is 13.2 Å². The van der Waals surface area contributed by atoms with E-state index < -0.39 is 12.7 Å². The Bertz CT molecular complexity index is 254. The van der Waals surface area contributed by atoms with Crippen LogP contribution in [0.3, 0.4) is 0 Å². The first-order valence-electron chi connectivity index (χ1n) is 7.61. The van der Waals surface area contributed by atoms with Crippen molar-refractivity contribution in [3.8, 4) is 0 Å². The SMILES string of the molecule is CCCN(CC(F)(F)F)CC(C)(CC)CNCC(C)C. The number of nitrogens with zero attached hydrogens (tertiary/aromatic N) is 1. The largest absolute Gasteiger partial charge is 0.401 e. The number of nitrogens with one attached hydrogen (secondary N) is 1. The maximum atomic E-state index is 12.6. The van der Waals surface area contributed by atoms with Crippen LogP contribution in [0.1, 0.15) is 47.5 Å². The van der Waals surface area contributed by atoms with Crippen LogP contribution in [-0.2, 0) is 0 Å². The fraction of sp³-hybridized carbons (Fsp3) is 1.00. The van der Waals surface area contributed by atoms with Gasteiger partial charge < -0.3 is 5.32 Å². The Morgan fingerprint density at radius 1 is 1.10 bits per heavy atom. The lowest BCUT2D eigenvalue weighted by Crippen LogP contribution is -2.45. The summed E-state index contributed by atoms with van der Waals surface area (Å²) < 4.78 is 37.8. The van der Waals surface area contributed by atoms with E-state index in [2.05, 4.69) is 33.0 Å². The highest BCUT2D eigenvalue weighted by atomic mass is 19.4. The highest BCUT2D eigenvalue weighted by Crippen LogP contribution is 2.25. The smallest absolute Gasteiger partial charge is 0.316 e. The molecule has 5 heteroatoms. The van der Waals surface area contributed by atoms with Crippen LogP contribution in [0.15, 0.2) is 0 Å². The minimum absolute atomic E-state index is 0.116. The zero-order chi connectivity index (χ0) is 15.8. The lowest BCUT2D eigenvalue weighted by atomic mass is 9.86. The van der Waals surface area contributed by atoms with E-state index in [4.69, 9.17) is 0 Å². The maximum absolute atomic E-state index is 12.6. The lowest BCUT2D eigenvalue weighted by Gasteiger charge is -2.35. The minimum atomic E-state index is -4.12. The van der Waals surface area contributed by atoms with Crippen molar-refractivity contribution in [2.24, 2.45) is 11.3 Å². The van der Waals surface area contributed by atoms with Gasteiger partial charge in [-0.3, -0.25) is 4.90 Å². The topological polar surface area (TPSA) is 15.3 Å². The predicted molar refractivity (Wildman–Crippen MR) is 78.9 cm³/mol. The second-order valence-corrected chi connectivity index (χ2v) is 6.51. The van der Waals surface area contributed by atoms with E-state index in [-0.39, 0.29) is 5.41 Å². The molecule has 122 valence electrons. The van der Waals surface area contributed by atoms with Gasteiger partial charge in [0.25, 0.3) is 0 Å². The van der Waals surface area contributed by atoms with Gasteiger partial charge in [0.1, 0.15) is 0 Å². The molecule has 0 aliphatic heterocycles. The van der Waals surface area contributed by atoms with Gasteiger partial charge in [0.15, 0.2) is 0 Å². The molecule has 0 heterocycles. The van der Waals surface area contributed by atoms with Crippen molar-refractivity contribution in [1.29, 1.82) is 0 Å². The Morgan fingerprint density at radius 2 is 1.70 bits per heavy atom. The fourth-order valence-corrected chi connectivity index (χ4v) is 2.28. The molecule has 0 aromatic carbocycles. The molecule has 0 saturated heterocycles. The van der Waals surface area contributed by atoms with Crippen molar-refractivity contribution in [3.05, 3.63) is 0 Å². The molecule has 1 N–H and O–H groups in total. The van der Waals surface area contributed by atoms with Crippen LogP contribution in [0.4, 0.5) is 13.2 Å². The molecule has 0 aliphatic carbocycles. The molecule has 0 bridgehead atoms. The van der Waals surface area contributed by atoms with Gasteiger partial charge in [0.05, 0.1) is 6.54 Å². The number of alkyl halides is 3. The van der Waals surface area contributed by atoms with E-state index in [1.807, 2.05) is 6.92 Å². The van der Waals surface area contributed by atoms with Crippen molar-refractivity contribution in [1.82, 2.24) is 10.2 Å². The molecule has 0 radical (unpaired) electrons. The first kappa shape index (κ1) is 19.7. The third-order valence-corrected chi connectivity index (χ3v) is 3.51. The third-order valence-electron chi connectivity index (χ3n) is 3.51. The van der Waals surface area contributed by atoms with Crippen molar-refractivity contribution in [2.75, 3.05) is 32.7 Å². The zero-order valence-corrected chi connectivity index (χ0v) is 13.6. The molecular weight excluding hydrogens is 265 g/mol. The summed E-state index contributed by atoms with van der Waals surface area (Å²) in [5, 5.41) is 3.38. The van der Waals surface area contributed by atoms with E-state index in [0.29, 0.717) is 19.0 Å². The molecule has 0 aliphatic rings. The average molecular weight is 296 g/mol. The van der Waals surface area contributed by atoms with E-state index >= 15 is 0 Å². The maximum Gasteiger partial charge on any atom is 0.401 e. The first-order chi connectivity index (χ1) is 9.12. The fourth-order valence-electron chi connectivity index (χ4n) is 2.28. The number of halogens is 3. The normalized spacial score (nSPS) is 15.9. The molecule has 0 aromatic rings. The van der Waals surface area contributed by atoms with Gasteiger partial charge in [-0.05, 0) is 37.3 Å². The highest BCUT2D eigenvalue weighted by molar-refractivity contribution is 4.81. The van der Waals surface area contributed by atoms with Crippen LogP contribution in [0, 0.1) is 11.3 Å². The number of rotatable bonds is 10. The summed E-state index contributed by atoms with van der Waals surface area (Å²) in [6.45, 7) is 12.1. The molecule has 1 atom stereocenters. The van der Waals surface area contributed by atoms with Crippen LogP contribution in [0.5, 0.6) is 0 Å². The second-order valence-electron chi connectivity index (χ2n) is 6.51. The summed E-state index contributed by atoms with van der Waals surface area (Å²) in [5.74, 6) is 0.554. The summed E-state index contributed by atoms with van der Waals surface area (Å²) in [4.78, 5) is 1.54. The van der Waals surface area contributed by atoms with Gasteiger partial charge in [0.2, 0.25) is 0 Å². The number of hydrogen-bond acceptors (Lipinski definition) is 2. The van der Waals surface area contributed by atoms with Gasteiger partial charge in [0, 0.05) is 13.1 Å². The Kier molecular flexibility index (Phi) is 8.75. The second kappa shape index (κ2) is 8.88. The van der Waals surface area contributed by atoms with E-state index in [9.17, 15) is 13.2 Å². The molecule has 2 nitrogen and oxygen atoms in total. The van der Waals surface area contributed by atoms with E-state index in [0.717, 1.165) is 25.9 Å². The van der Waals surface area contributed by atoms with Crippen molar-refractivity contribution in [2.45, 2.75) is 53.6 Å². The first-order valence-corrected chi connectivity index (χ1v) is 7.61. The molecular formula is C15H31F3N2. The van der Waals surface area contributed by atoms with Gasteiger partial charge in [-0.1, -0.05) is 34.6 Å². The Morgan fingerprint density at radius 3 is 2.10 bits per heavy atom. The van der Waals surface area contributed by atoms with Crippen LogP contribution < -0.4 is 5.32 Å². The van der Waals surface area contributed by atoms with Gasteiger partial charge >= 0.3 is 6.18 Å². The molecule has 0 rings (SSSR count). The summed E-state index contributed by atoms with van der Waals surface area (Å²) in [5.41, 5.74) is -0.116. The predicted octanol–water partition coefficient (Wildman–Crippen LogP) is 3.92. The van der Waals surface area contributed by atoms with Gasteiger partial charge in [-0.15, -0.1) is 0 Å². The Hall–Kier alpha value is -0.290. The molecule has 0 fully saturated rings. The molecule has 0 aromatic heterocycles. The van der Waals surface area contributed by atoms with Gasteiger partial charge in [-0.25, -0.2) is 0 Å². The summed E-state index contributed by atoms with van der Waals surface area (Å²) in [7, 11) is 0. The van der Waals surface area contributed by atoms with E-state index in [1.165, 1.54) is 0 Å². The summed E-state index contributed by atoms with van der Waals surface area (Å²) in [6, 6.07) is 0. The van der Waals surface area contributed by atoms with Crippen LogP contribution in [-0.4, -0.2) is 43.8 Å².